The first-order chi connectivity index (χ1) is 12.7. The average molecular weight is 351 g/mol. The highest BCUT2D eigenvalue weighted by molar-refractivity contribution is 5.94. The summed E-state index contributed by atoms with van der Waals surface area (Å²) in [5.74, 6) is 0.135. The van der Waals surface area contributed by atoms with Crippen molar-refractivity contribution in [3.63, 3.8) is 0 Å². The van der Waals surface area contributed by atoms with Gasteiger partial charge in [-0.05, 0) is 37.1 Å². The van der Waals surface area contributed by atoms with Crippen molar-refractivity contribution < 1.29 is 4.79 Å². The molecule has 2 aromatic rings. The zero-order chi connectivity index (χ0) is 17.9. The maximum atomic E-state index is 12.6. The molecule has 1 aromatic carbocycles. The fraction of sp³-hybridized carbons (Fsp3) is 0.400. The SMILES string of the molecule is Cc1ccc(C(=O)N2CCN(C3CC(c4cccnc4)NN3)CC2)cc1. The van der Waals surface area contributed by atoms with Crippen LogP contribution in [0.5, 0.6) is 0 Å². The third-order valence-electron chi connectivity index (χ3n) is 5.31. The topological polar surface area (TPSA) is 60.5 Å². The zero-order valence-electron chi connectivity index (χ0n) is 15.1. The van der Waals surface area contributed by atoms with Gasteiger partial charge >= 0.3 is 0 Å². The number of aryl methyl sites for hydroxylation is 1. The number of nitrogens with one attached hydrogen (secondary N) is 2. The van der Waals surface area contributed by atoms with Crippen molar-refractivity contribution >= 4 is 5.91 Å². The number of hydrogen-bond donors (Lipinski definition) is 2. The monoisotopic (exact) mass is 351 g/mol. The predicted octanol–water partition coefficient (Wildman–Crippen LogP) is 1.71. The number of piperazine rings is 1. The van der Waals surface area contributed by atoms with Crippen LogP contribution in [0.25, 0.3) is 0 Å². The molecule has 4 rings (SSSR count). The number of benzene rings is 1. The molecule has 2 atom stereocenters. The molecule has 0 radical (unpaired) electrons. The molecule has 136 valence electrons. The van der Waals surface area contributed by atoms with E-state index in [1.807, 2.05) is 48.4 Å². The number of amides is 1. The largest absolute Gasteiger partial charge is 0.336 e. The summed E-state index contributed by atoms with van der Waals surface area (Å²) in [4.78, 5) is 21.2. The predicted molar refractivity (Wildman–Crippen MR) is 100 cm³/mol. The Hall–Kier alpha value is -2.28. The molecular formula is C20H25N5O. The fourth-order valence-corrected chi connectivity index (χ4v) is 3.70. The molecule has 0 aliphatic carbocycles. The molecule has 2 unspecified atom stereocenters. The van der Waals surface area contributed by atoms with Crippen LogP contribution in [0.3, 0.4) is 0 Å². The third-order valence-corrected chi connectivity index (χ3v) is 5.31. The minimum absolute atomic E-state index is 0.135. The normalized spacial score (nSPS) is 24.0. The number of hydrogen-bond acceptors (Lipinski definition) is 5. The number of hydrazine groups is 1. The van der Waals surface area contributed by atoms with Gasteiger partial charge in [-0.25, -0.2) is 10.9 Å². The Bertz CT molecular complexity index is 741. The molecule has 1 aromatic heterocycles. The smallest absolute Gasteiger partial charge is 0.253 e. The van der Waals surface area contributed by atoms with Crippen molar-refractivity contribution in [2.75, 3.05) is 26.2 Å². The van der Waals surface area contributed by atoms with Gasteiger partial charge in [-0.1, -0.05) is 23.8 Å². The van der Waals surface area contributed by atoms with Crippen LogP contribution >= 0.6 is 0 Å². The lowest BCUT2D eigenvalue weighted by Crippen LogP contribution is -2.55. The molecule has 2 fully saturated rings. The Morgan fingerprint density at radius 2 is 1.85 bits per heavy atom. The van der Waals surface area contributed by atoms with Gasteiger partial charge < -0.3 is 4.90 Å². The van der Waals surface area contributed by atoms with E-state index >= 15 is 0 Å². The van der Waals surface area contributed by atoms with E-state index in [2.05, 4.69) is 26.8 Å². The summed E-state index contributed by atoms with van der Waals surface area (Å²) in [6, 6.07) is 12.2. The molecule has 26 heavy (non-hydrogen) atoms. The molecule has 2 aliphatic heterocycles. The van der Waals surface area contributed by atoms with Gasteiger partial charge in [-0.3, -0.25) is 14.7 Å². The zero-order valence-corrected chi connectivity index (χ0v) is 15.1. The Morgan fingerprint density at radius 3 is 2.54 bits per heavy atom. The first-order valence-electron chi connectivity index (χ1n) is 9.22. The first-order valence-corrected chi connectivity index (χ1v) is 9.22. The van der Waals surface area contributed by atoms with Crippen molar-refractivity contribution in [1.82, 2.24) is 25.6 Å². The Kier molecular flexibility index (Phi) is 4.97. The van der Waals surface area contributed by atoms with Crippen molar-refractivity contribution in [3.8, 4) is 0 Å². The number of pyridine rings is 1. The molecule has 6 nitrogen and oxygen atoms in total. The molecule has 0 saturated carbocycles. The summed E-state index contributed by atoms with van der Waals surface area (Å²) in [6.45, 7) is 5.34. The lowest BCUT2D eigenvalue weighted by Gasteiger charge is -2.37. The quantitative estimate of drug-likeness (QED) is 0.882. The van der Waals surface area contributed by atoms with E-state index in [1.165, 1.54) is 11.1 Å². The van der Waals surface area contributed by atoms with Crippen LogP contribution in [0.15, 0.2) is 48.8 Å². The minimum Gasteiger partial charge on any atom is -0.336 e. The third kappa shape index (κ3) is 3.62. The van der Waals surface area contributed by atoms with Crippen molar-refractivity contribution in [3.05, 3.63) is 65.5 Å². The van der Waals surface area contributed by atoms with Gasteiger partial charge in [-0.2, -0.15) is 0 Å². The molecule has 1 amide bonds. The number of carbonyl (C=O) groups is 1. The van der Waals surface area contributed by atoms with Crippen LogP contribution in [-0.2, 0) is 0 Å². The highest BCUT2D eigenvalue weighted by atomic mass is 16.2. The second-order valence-corrected chi connectivity index (χ2v) is 7.07. The standard InChI is InChI=1S/C20H25N5O/c1-15-4-6-16(7-5-15)20(26)25-11-9-24(10-12-25)19-13-18(22-23-19)17-3-2-8-21-14-17/h2-8,14,18-19,22-23H,9-13H2,1H3. The molecule has 0 bridgehead atoms. The summed E-state index contributed by atoms with van der Waals surface area (Å²) < 4.78 is 0. The Balaban J connectivity index is 1.31. The van der Waals surface area contributed by atoms with E-state index in [4.69, 9.17) is 0 Å². The molecular weight excluding hydrogens is 326 g/mol. The summed E-state index contributed by atoms with van der Waals surface area (Å²) in [5.41, 5.74) is 9.93. The van der Waals surface area contributed by atoms with E-state index in [-0.39, 0.29) is 18.1 Å². The van der Waals surface area contributed by atoms with E-state index in [0.717, 1.165) is 38.2 Å². The summed E-state index contributed by atoms with van der Waals surface area (Å²) in [7, 11) is 0. The summed E-state index contributed by atoms with van der Waals surface area (Å²) in [5, 5.41) is 0. The second kappa shape index (κ2) is 7.53. The average Bonchev–Trinajstić information content (AvgIpc) is 3.19. The van der Waals surface area contributed by atoms with Gasteiger partial charge in [0.2, 0.25) is 0 Å². The molecule has 2 saturated heterocycles. The van der Waals surface area contributed by atoms with Crippen LogP contribution in [0.4, 0.5) is 0 Å². The van der Waals surface area contributed by atoms with Gasteiger partial charge in [0, 0.05) is 44.1 Å². The van der Waals surface area contributed by atoms with Gasteiger partial charge in [-0.15, -0.1) is 0 Å². The first kappa shape index (κ1) is 17.1. The highest BCUT2D eigenvalue weighted by Gasteiger charge is 2.32. The minimum atomic E-state index is 0.135. The van der Waals surface area contributed by atoms with E-state index in [0.29, 0.717) is 0 Å². The Morgan fingerprint density at radius 1 is 1.08 bits per heavy atom. The molecule has 3 heterocycles. The van der Waals surface area contributed by atoms with Gasteiger partial charge in [0.05, 0.1) is 12.2 Å². The molecule has 0 spiro atoms. The van der Waals surface area contributed by atoms with Crippen LogP contribution in [0.2, 0.25) is 0 Å². The molecule has 6 heteroatoms. The van der Waals surface area contributed by atoms with Gasteiger partial charge in [0.25, 0.3) is 5.91 Å². The highest BCUT2D eigenvalue weighted by Crippen LogP contribution is 2.24. The number of rotatable bonds is 3. The number of aromatic nitrogens is 1. The number of carbonyl (C=O) groups excluding carboxylic acids is 1. The number of nitrogens with zero attached hydrogens (tertiary/aromatic N) is 3. The van der Waals surface area contributed by atoms with Crippen molar-refractivity contribution in [2.24, 2.45) is 0 Å². The summed E-state index contributed by atoms with van der Waals surface area (Å²) >= 11 is 0. The lowest BCUT2D eigenvalue weighted by atomic mass is 10.1. The van der Waals surface area contributed by atoms with Crippen LogP contribution < -0.4 is 10.9 Å². The van der Waals surface area contributed by atoms with E-state index < -0.39 is 0 Å². The maximum absolute atomic E-state index is 12.6. The van der Waals surface area contributed by atoms with Crippen molar-refractivity contribution in [1.29, 1.82) is 0 Å². The van der Waals surface area contributed by atoms with Gasteiger partial charge in [0.1, 0.15) is 0 Å². The molecule has 2 aliphatic rings. The molecule has 2 N–H and O–H groups in total. The van der Waals surface area contributed by atoms with Crippen LogP contribution in [0.1, 0.15) is 33.9 Å². The van der Waals surface area contributed by atoms with Crippen LogP contribution in [0, 0.1) is 6.92 Å². The summed E-state index contributed by atoms with van der Waals surface area (Å²) in [6.07, 6.45) is 5.00. The van der Waals surface area contributed by atoms with Crippen molar-refractivity contribution in [2.45, 2.75) is 25.6 Å². The van der Waals surface area contributed by atoms with E-state index in [9.17, 15) is 4.79 Å². The van der Waals surface area contributed by atoms with E-state index in [1.54, 1.807) is 6.20 Å². The Labute approximate surface area is 154 Å². The van der Waals surface area contributed by atoms with Gasteiger partial charge in [0.15, 0.2) is 0 Å². The van der Waals surface area contributed by atoms with Crippen LogP contribution in [-0.4, -0.2) is 53.0 Å². The lowest BCUT2D eigenvalue weighted by molar-refractivity contribution is 0.0545. The maximum Gasteiger partial charge on any atom is 0.253 e. The second-order valence-electron chi connectivity index (χ2n) is 7.07. The fourth-order valence-electron chi connectivity index (χ4n) is 3.70.